The van der Waals surface area contributed by atoms with Crippen LogP contribution in [0.4, 0.5) is 0 Å². The summed E-state index contributed by atoms with van der Waals surface area (Å²) in [5.74, 6) is 1.05. The van der Waals surface area contributed by atoms with E-state index in [0.717, 1.165) is 32.3 Å². The van der Waals surface area contributed by atoms with Gasteiger partial charge in [0.2, 0.25) is 5.88 Å². The predicted octanol–water partition coefficient (Wildman–Crippen LogP) is 2.55. The Morgan fingerprint density at radius 2 is 2.19 bits per heavy atom. The predicted molar refractivity (Wildman–Crippen MR) is 92.8 cm³/mol. The number of hydrogen-bond acceptors (Lipinski definition) is 6. The van der Waals surface area contributed by atoms with E-state index in [-0.39, 0.29) is 11.5 Å². The monoisotopic (exact) mass is 357 g/mol. The molecule has 0 aliphatic carbocycles. The van der Waals surface area contributed by atoms with Crippen molar-refractivity contribution in [3.05, 3.63) is 42.7 Å². The van der Waals surface area contributed by atoms with Gasteiger partial charge in [0.25, 0.3) is 5.91 Å². The number of oxazole rings is 1. The van der Waals surface area contributed by atoms with Gasteiger partial charge in [-0.1, -0.05) is 6.07 Å². The quantitative estimate of drug-likeness (QED) is 0.818. The standard InChI is InChI=1S/C19H23N3O4/c23-18(16-13-24-14-21-16)22-9-6-19(7-10-22)15(5-12-26-19)4-11-25-17-3-1-2-8-20-17/h1-3,8,13-15H,4-7,9-12H2. The van der Waals surface area contributed by atoms with Gasteiger partial charge < -0.3 is 18.8 Å². The maximum Gasteiger partial charge on any atom is 0.275 e. The minimum Gasteiger partial charge on any atom is -0.478 e. The second kappa shape index (κ2) is 7.45. The molecule has 138 valence electrons. The van der Waals surface area contributed by atoms with E-state index >= 15 is 0 Å². The maximum absolute atomic E-state index is 12.4. The largest absolute Gasteiger partial charge is 0.478 e. The molecule has 2 fully saturated rings. The van der Waals surface area contributed by atoms with E-state index in [0.29, 0.717) is 37.2 Å². The highest BCUT2D eigenvalue weighted by atomic mass is 16.5. The Kier molecular flexibility index (Phi) is 4.88. The number of ether oxygens (including phenoxy) is 2. The third-order valence-corrected chi connectivity index (χ3v) is 5.50. The molecule has 2 aromatic heterocycles. The lowest BCUT2D eigenvalue weighted by atomic mass is 9.78. The lowest BCUT2D eigenvalue weighted by molar-refractivity contribution is -0.0649. The Balaban J connectivity index is 1.31. The highest BCUT2D eigenvalue weighted by molar-refractivity contribution is 5.91. The number of likely N-dealkylation sites (tertiary alicyclic amines) is 1. The Hall–Kier alpha value is -2.41. The normalized spacial score (nSPS) is 21.8. The van der Waals surface area contributed by atoms with Crippen molar-refractivity contribution in [1.29, 1.82) is 0 Å². The molecule has 0 N–H and O–H groups in total. The van der Waals surface area contributed by atoms with Gasteiger partial charge in [0.05, 0.1) is 12.2 Å². The molecule has 1 atom stereocenters. The number of carbonyl (C=O) groups is 1. The van der Waals surface area contributed by atoms with Crippen molar-refractivity contribution in [2.45, 2.75) is 31.3 Å². The zero-order chi connectivity index (χ0) is 17.8. The van der Waals surface area contributed by atoms with E-state index in [1.165, 1.54) is 12.7 Å². The highest BCUT2D eigenvalue weighted by Gasteiger charge is 2.46. The molecule has 2 aromatic rings. The summed E-state index contributed by atoms with van der Waals surface area (Å²) in [7, 11) is 0. The third kappa shape index (κ3) is 3.44. The molecule has 0 aromatic carbocycles. The van der Waals surface area contributed by atoms with Crippen LogP contribution in [0.2, 0.25) is 0 Å². The fourth-order valence-corrected chi connectivity index (χ4v) is 4.05. The number of piperidine rings is 1. The summed E-state index contributed by atoms with van der Waals surface area (Å²) in [5.41, 5.74) is 0.238. The Morgan fingerprint density at radius 3 is 2.92 bits per heavy atom. The SMILES string of the molecule is O=C(c1cocn1)N1CCC2(CC1)OCCC2CCOc1ccccn1. The summed E-state index contributed by atoms with van der Waals surface area (Å²) in [6.07, 6.45) is 8.11. The molecule has 4 rings (SSSR count). The number of pyridine rings is 1. The van der Waals surface area contributed by atoms with Crippen molar-refractivity contribution in [1.82, 2.24) is 14.9 Å². The van der Waals surface area contributed by atoms with Crippen LogP contribution in [0.1, 0.15) is 36.2 Å². The minimum absolute atomic E-state index is 0.0679. The van der Waals surface area contributed by atoms with Crippen LogP contribution in [0.15, 0.2) is 41.5 Å². The van der Waals surface area contributed by atoms with Gasteiger partial charge in [-0.05, 0) is 37.7 Å². The van der Waals surface area contributed by atoms with E-state index in [1.54, 1.807) is 6.20 Å². The number of amides is 1. The Labute approximate surface area is 152 Å². The fourth-order valence-electron chi connectivity index (χ4n) is 4.05. The van der Waals surface area contributed by atoms with Gasteiger partial charge in [-0.15, -0.1) is 0 Å². The van der Waals surface area contributed by atoms with Crippen molar-refractivity contribution in [2.24, 2.45) is 5.92 Å². The zero-order valence-corrected chi connectivity index (χ0v) is 14.7. The smallest absolute Gasteiger partial charge is 0.275 e. The third-order valence-electron chi connectivity index (χ3n) is 5.50. The number of aromatic nitrogens is 2. The number of rotatable bonds is 5. The summed E-state index contributed by atoms with van der Waals surface area (Å²) in [6, 6.07) is 5.67. The van der Waals surface area contributed by atoms with E-state index < -0.39 is 0 Å². The van der Waals surface area contributed by atoms with Crippen molar-refractivity contribution in [3.63, 3.8) is 0 Å². The van der Waals surface area contributed by atoms with Gasteiger partial charge in [0, 0.05) is 32.0 Å². The highest BCUT2D eigenvalue weighted by Crippen LogP contribution is 2.42. The molecule has 7 nitrogen and oxygen atoms in total. The summed E-state index contributed by atoms with van der Waals surface area (Å²) >= 11 is 0. The zero-order valence-electron chi connectivity index (χ0n) is 14.7. The lowest BCUT2D eigenvalue weighted by Crippen LogP contribution is -2.49. The van der Waals surface area contributed by atoms with Crippen LogP contribution in [0.5, 0.6) is 5.88 Å². The van der Waals surface area contributed by atoms with Crippen LogP contribution in [-0.2, 0) is 4.74 Å². The first-order valence-corrected chi connectivity index (χ1v) is 9.12. The number of carbonyl (C=O) groups excluding carboxylic acids is 1. The fraction of sp³-hybridized carbons (Fsp3) is 0.526. The minimum atomic E-state index is -0.131. The van der Waals surface area contributed by atoms with Gasteiger partial charge in [-0.2, -0.15) is 0 Å². The molecule has 0 saturated carbocycles. The summed E-state index contributed by atoms with van der Waals surface area (Å²) in [4.78, 5) is 22.4. The first kappa shape index (κ1) is 17.0. The van der Waals surface area contributed by atoms with Gasteiger partial charge in [-0.25, -0.2) is 9.97 Å². The molecular formula is C19H23N3O4. The van der Waals surface area contributed by atoms with Crippen LogP contribution in [0.3, 0.4) is 0 Å². The first-order valence-electron chi connectivity index (χ1n) is 9.12. The average Bonchev–Trinajstić information content (AvgIpc) is 3.34. The van der Waals surface area contributed by atoms with Crippen molar-refractivity contribution in [2.75, 3.05) is 26.3 Å². The number of hydrogen-bond donors (Lipinski definition) is 0. The van der Waals surface area contributed by atoms with Crippen LogP contribution in [0.25, 0.3) is 0 Å². The van der Waals surface area contributed by atoms with Crippen LogP contribution in [0, 0.1) is 5.92 Å². The molecule has 26 heavy (non-hydrogen) atoms. The lowest BCUT2D eigenvalue weighted by Gasteiger charge is -2.42. The second-order valence-electron chi connectivity index (χ2n) is 6.87. The van der Waals surface area contributed by atoms with Crippen LogP contribution >= 0.6 is 0 Å². The average molecular weight is 357 g/mol. The maximum atomic E-state index is 12.4. The van der Waals surface area contributed by atoms with Gasteiger partial charge in [0.15, 0.2) is 12.1 Å². The number of nitrogens with zero attached hydrogens (tertiary/aromatic N) is 3. The summed E-state index contributed by atoms with van der Waals surface area (Å²) < 4.78 is 16.8. The summed E-state index contributed by atoms with van der Waals surface area (Å²) in [6.45, 7) is 2.78. The van der Waals surface area contributed by atoms with E-state index in [9.17, 15) is 4.79 Å². The topological polar surface area (TPSA) is 77.7 Å². The summed E-state index contributed by atoms with van der Waals surface area (Å²) in [5, 5.41) is 0. The van der Waals surface area contributed by atoms with Crippen molar-refractivity contribution < 1.29 is 18.7 Å². The molecule has 2 saturated heterocycles. The van der Waals surface area contributed by atoms with E-state index in [1.807, 2.05) is 23.1 Å². The molecule has 2 aliphatic heterocycles. The van der Waals surface area contributed by atoms with Crippen LogP contribution < -0.4 is 4.74 Å². The van der Waals surface area contributed by atoms with Crippen molar-refractivity contribution in [3.8, 4) is 5.88 Å². The molecular weight excluding hydrogens is 334 g/mol. The van der Waals surface area contributed by atoms with Crippen molar-refractivity contribution >= 4 is 5.91 Å². The first-order chi connectivity index (χ1) is 12.8. The molecule has 4 heterocycles. The van der Waals surface area contributed by atoms with Gasteiger partial charge in [0.1, 0.15) is 6.26 Å². The Morgan fingerprint density at radius 1 is 1.31 bits per heavy atom. The molecule has 7 heteroatoms. The second-order valence-corrected chi connectivity index (χ2v) is 6.87. The Bertz CT molecular complexity index is 712. The molecule has 0 bridgehead atoms. The molecule has 1 amide bonds. The molecule has 2 aliphatic rings. The van der Waals surface area contributed by atoms with Gasteiger partial charge >= 0.3 is 0 Å². The molecule has 1 unspecified atom stereocenters. The molecule has 1 spiro atoms. The van der Waals surface area contributed by atoms with E-state index in [4.69, 9.17) is 13.9 Å². The van der Waals surface area contributed by atoms with E-state index in [2.05, 4.69) is 9.97 Å². The molecule has 0 radical (unpaired) electrons. The van der Waals surface area contributed by atoms with Crippen LogP contribution in [-0.4, -0.2) is 52.7 Å². The van der Waals surface area contributed by atoms with Gasteiger partial charge in [-0.3, -0.25) is 4.79 Å².